The Bertz CT molecular complexity index is 729. The van der Waals surface area contributed by atoms with Crippen molar-refractivity contribution < 1.29 is 0 Å². The smallest absolute Gasteiger partial charge is 0.113 e. The van der Waals surface area contributed by atoms with Gasteiger partial charge in [-0.3, -0.25) is 0 Å². The Morgan fingerprint density at radius 1 is 1.05 bits per heavy atom. The van der Waals surface area contributed by atoms with Gasteiger partial charge >= 0.3 is 0 Å². The van der Waals surface area contributed by atoms with E-state index in [-0.39, 0.29) is 0 Å². The molecule has 0 saturated carbocycles. The molecule has 3 rings (SSSR count). The lowest BCUT2D eigenvalue weighted by Gasteiger charge is -2.02. The van der Waals surface area contributed by atoms with Crippen LogP contribution in [0.5, 0.6) is 0 Å². The maximum absolute atomic E-state index is 5.79. The van der Waals surface area contributed by atoms with Gasteiger partial charge in [-0.2, -0.15) is 0 Å². The molecule has 0 unspecified atom stereocenters. The third-order valence-electron chi connectivity index (χ3n) is 3.49. The highest BCUT2D eigenvalue weighted by molar-refractivity contribution is 5.58. The zero-order valence-corrected chi connectivity index (χ0v) is 12.0. The Labute approximate surface area is 124 Å². The van der Waals surface area contributed by atoms with Gasteiger partial charge in [0.2, 0.25) is 0 Å². The van der Waals surface area contributed by atoms with Gasteiger partial charge < -0.3 is 5.73 Å². The van der Waals surface area contributed by atoms with E-state index in [4.69, 9.17) is 5.73 Å². The van der Waals surface area contributed by atoms with E-state index in [0.717, 1.165) is 28.9 Å². The molecular weight excluding hydrogens is 260 g/mol. The zero-order valence-electron chi connectivity index (χ0n) is 12.0. The van der Waals surface area contributed by atoms with Gasteiger partial charge in [0, 0.05) is 11.3 Å². The molecule has 106 valence electrons. The number of aromatic nitrogens is 3. The lowest BCUT2D eigenvalue weighted by atomic mass is 10.1. The van der Waals surface area contributed by atoms with Crippen molar-refractivity contribution in [3.63, 3.8) is 0 Å². The van der Waals surface area contributed by atoms with Crippen LogP contribution >= 0.6 is 0 Å². The van der Waals surface area contributed by atoms with Crippen LogP contribution in [0.1, 0.15) is 18.1 Å². The monoisotopic (exact) mass is 278 g/mol. The standard InChI is InChI=1S/C17H18N4/c1-2-13-6-8-15(9-7-13)17-12-21(20-19-17)11-14-4-3-5-16(18)10-14/h3-10,12H,2,11,18H2,1H3. The summed E-state index contributed by atoms with van der Waals surface area (Å²) in [5.74, 6) is 0. The summed E-state index contributed by atoms with van der Waals surface area (Å²) in [6, 6.07) is 16.3. The molecule has 0 bridgehead atoms. The first-order valence-electron chi connectivity index (χ1n) is 7.08. The number of nitrogens with zero attached hydrogens (tertiary/aromatic N) is 3. The Hall–Kier alpha value is -2.62. The second kappa shape index (κ2) is 5.79. The molecule has 4 nitrogen and oxygen atoms in total. The van der Waals surface area contributed by atoms with Gasteiger partial charge in [-0.25, -0.2) is 4.68 Å². The van der Waals surface area contributed by atoms with E-state index in [1.165, 1.54) is 5.56 Å². The van der Waals surface area contributed by atoms with Crippen LogP contribution in [0.25, 0.3) is 11.3 Å². The molecule has 3 aromatic rings. The predicted octanol–water partition coefficient (Wildman–Crippen LogP) is 3.14. The van der Waals surface area contributed by atoms with Crippen LogP contribution in [0, 0.1) is 0 Å². The van der Waals surface area contributed by atoms with Crippen molar-refractivity contribution in [2.45, 2.75) is 19.9 Å². The minimum Gasteiger partial charge on any atom is -0.399 e. The third kappa shape index (κ3) is 3.11. The quantitative estimate of drug-likeness (QED) is 0.746. The number of benzene rings is 2. The number of hydrogen-bond donors (Lipinski definition) is 1. The van der Waals surface area contributed by atoms with E-state index in [1.807, 2.05) is 35.1 Å². The fourth-order valence-corrected chi connectivity index (χ4v) is 2.30. The van der Waals surface area contributed by atoms with E-state index in [1.54, 1.807) is 0 Å². The molecule has 1 aromatic heterocycles. The van der Waals surface area contributed by atoms with Gasteiger partial charge in [0.05, 0.1) is 12.7 Å². The van der Waals surface area contributed by atoms with Crippen molar-refractivity contribution in [3.05, 3.63) is 65.9 Å². The Kier molecular flexibility index (Phi) is 3.69. The minimum absolute atomic E-state index is 0.672. The lowest BCUT2D eigenvalue weighted by molar-refractivity contribution is 0.650. The van der Waals surface area contributed by atoms with Crippen molar-refractivity contribution in [1.29, 1.82) is 0 Å². The summed E-state index contributed by atoms with van der Waals surface area (Å²) in [5.41, 5.74) is 11.0. The minimum atomic E-state index is 0.672. The summed E-state index contributed by atoms with van der Waals surface area (Å²) in [7, 11) is 0. The lowest BCUT2D eigenvalue weighted by Crippen LogP contribution is -2.00. The maximum atomic E-state index is 5.79. The Morgan fingerprint density at radius 3 is 2.57 bits per heavy atom. The summed E-state index contributed by atoms with van der Waals surface area (Å²) in [5, 5.41) is 8.43. The van der Waals surface area contributed by atoms with Gasteiger partial charge in [-0.15, -0.1) is 5.10 Å². The number of rotatable bonds is 4. The number of nitrogens with two attached hydrogens (primary N) is 1. The van der Waals surface area contributed by atoms with Crippen LogP contribution in [-0.4, -0.2) is 15.0 Å². The molecule has 1 heterocycles. The van der Waals surface area contributed by atoms with E-state index in [9.17, 15) is 0 Å². The number of aryl methyl sites for hydroxylation is 1. The second-order valence-electron chi connectivity index (χ2n) is 5.10. The third-order valence-corrected chi connectivity index (χ3v) is 3.49. The summed E-state index contributed by atoms with van der Waals surface area (Å²) in [4.78, 5) is 0. The highest BCUT2D eigenvalue weighted by Gasteiger charge is 2.04. The molecule has 0 aliphatic rings. The van der Waals surface area contributed by atoms with Gasteiger partial charge in [-0.1, -0.05) is 48.5 Å². The average Bonchev–Trinajstić information content (AvgIpc) is 2.96. The molecule has 0 spiro atoms. The highest BCUT2D eigenvalue weighted by atomic mass is 15.4. The first-order valence-corrected chi connectivity index (χ1v) is 7.08. The first-order chi connectivity index (χ1) is 10.2. The Balaban J connectivity index is 1.79. The average molecular weight is 278 g/mol. The number of anilines is 1. The summed E-state index contributed by atoms with van der Waals surface area (Å²) >= 11 is 0. The van der Waals surface area contributed by atoms with E-state index >= 15 is 0 Å². The van der Waals surface area contributed by atoms with Crippen LogP contribution < -0.4 is 5.73 Å². The van der Waals surface area contributed by atoms with E-state index < -0.39 is 0 Å². The van der Waals surface area contributed by atoms with Crippen molar-refractivity contribution >= 4 is 5.69 Å². The van der Waals surface area contributed by atoms with Crippen molar-refractivity contribution in [2.24, 2.45) is 0 Å². The molecular formula is C17H18N4. The van der Waals surface area contributed by atoms with Gasteiger partial charge in [0.25, 0.3) is 0 Å². The van der Waals surface area contributed by atoms with Crippen LogP contribution in [0.3, 0.4) is 0 Å². The Morgan fingerprint density at radius 2 is 1.86 bits per heavy atom. The predicted molar refractivity (Wildman–Crippen MR) is 84.8 cm³/mol. The van der Waals surface area contributed by atoms with Crippen LogP contribution in [0.2, 0.25) is 0 Å². The van der Waals surface area contributed by atoms with E-state index in [2.05, 4.69) is 41.5 Å². The highest BCUT2D eigenvalue weighted by Crippen LogP contribution is 2.17. The second-order valence-corrected chi connectivity index (χ2v) is 5.10. The molecule has 2 N–H and O–H groups in total. The van der Waals surface area contributed by atoms with Crippen LogP contribution in [0.4, 0.5) is 5.69 Å². The zero-order chi connectivity index (χ0) is 14.7. The molecule has 2 aromatic carbocycles. The summed E-state index contributed by atoms with van der Waals surface area (Å²) < 4.78 is 1.83. The van der Waals surface area contributed by atoms with Gasteiger partial charge in [0.15, 0.2) is 0 Å². The first kappa shape index (κ1) is 13.4. The summed E-state index contributed by atoms with van der Waals surface area (Å²) in [6.07, 6.45) is 3.01. The molecule has 0 fully saturated rings. The van der Waals surface area contributed by atoms with Gasteiger partial charge in [-0.05, 0) is 29.7 Å². The van der Waals surface area contributed by atoms with E-state index in [0.29, 0.717) is 6.54 Å². The van der Waals surface area contributed by atoms with Crippen molar-refractivity contribution in [2.75, 3.05) is 5.73 Å². The van der Waals surface area contributed by atoms with Crippen molar-refractivity contribution in [1.82, 2.24) is 15.0 Å². The molecule has 0 saturated heterocycles. The normalized spacial score (nSPS) is 10.7. The maximum Gasteiger partial charge on any atom is 0.113 e. The SMILES string of the molecule is CCc1ccc(-c2cn(Cc3cccc(N)c3)nn2)cc1. The number of hydrogen-bond acceptors (Lipinski definition) is 3. The molecule has 0 aliphatic carbocycles. The molecule has 0 atom stereocenters. The summed E-state index contributed by atoms with van der Waals surface area (Å²) in [6.45, 7) is 2.82. The van der Waals surface area contributed by atoms with Gasteiger partial charge in [0.1, 0.15) is 5.69 Å². The molecule has 21 heavy (non-hydrogen) atoms. The number of nitrogen functional groups attached to an aromatic ring is 1. The fourth-order valence-electron chi connectivity index (χ4n) is 2.30. The van der Waals surface area contributed by atoms with Crippen molar-refractivity contribution in [3.8, 4) is 11.3 Å². The molecule has 0 radical (unpaired) electrons. The van der Waals surface area contributed by atoms with Crippen LogP contribution in [-0.2, 0) is 13.0 Å². The molecule has 0 aliphatic heterocycles. The largest absolute Gasteiger partial charge is 0.399 e. The fraction of sp³-hybridized carbons (Fsp3) is 0.176. The molecule has 0 amide bonds. The molecule has 4 heteroatoms. The topological polar surface area (TPSA) is 56.7 Å². The van der Waals surface area contributed by atoms with Crippen LogP contribution in [0.15, 0.2) is 54.7 Å².